The fourth-order valence-electron chi connectivity index (χ4n) is 3.36. The standard InChI is InChI=1S/C21H19ClN4O2/c1-25-18(8-10-24-25)20(27)23-13-14-2-3-15-9-11-26(19(15)12-14)21(28)16-4-6-17(22)7-5-16/h2-8,10,12H,9,11,13H2,1H3,(H,23,27). The average molecular weight is 395 g/mol. The van der Waals surface area contributed by atoms with E-state index < -0.39 is 0 Å². The molecular formula is C21H19ClN4O2. The number of aryl methyl sites for hydroxylation is 1. The van der Waals surface area contributed by atoms with Crippen LogP contribution in [0, 0.1) is 0 Å². The number of fused-ring (bicyclic) bond motifs is 1. The number of nitrogens with one attached hydrogen (secondary N) is 1. The Labute approximate surface area is 167 Å². The number of carbonyl (C=O) groups excluding carboxylic acids is 2. The van der Waals surface area contributed by atoms with Crippen molar-refractivity contribution in [1.82, 2.24) is 15.1 Å². The first-order valence-electron chi connectivity index (χ1n) is 8.98. The van der Waals surface area contributed by atoms with E-state index >= 15 is 0 Å². The molecule has 1 aliphatic rings. The highest BCUT2D eigenvalue weighted by Gasteiger charge is 2.26. The van der Waals surface area contributed by atoms with Gasteiger partial charge in [-0.15, -0.1) is 0 Å². The number of aromatic nitrogens is 2. The molecule has 7 heteroatoms. The number of amides is 2. The summed E-state index contributed by atoms with van der Waals surface area (Å²) in [6.07, 6.45) is 2.40. The summed E-state index contributed by atoms with van der Waals surface area (Å²) >= 11 is 5.92. The second kappa shape index (κ2) is 7.48. The maximum absolute atomic E-state index is 12.9. The highest BCUT2D eigenvalue weighted by Crippen LogP contribution is 2.30. The van der Waals surface area contributed by atoms with E-state index in [1.165, 1.54) is 4.68 Å². The second-order valence-electron chi connectivity index (χ2n) is 6.70. The van der Waals surface area contributed by atoms with Gasteiger partial charge in [0.05, 0.1) is 0 Å². The highest BCUT2D eigenvalue weighted by molar-refractivity contribution is 6.30. The Balaban J connectivity index is 1.50. The third-order valence-electron chi connectivity index (χ3n) is 4.89. The van der Waals surface area contributed by atoms with Gasteiger partial charge in [0.15, 0.2) is 0 Å². The average Bonchev–Trinajstić information content (AvgIpc) is 3.32. The number of hydrogen-bond donors (Lipinski definition) is 1. The largest absolute Gasteiger partial charge is 0.347 e. The maximum Gasteiger partial charge on any atom is 0.269 e. The molecule has 4 rings (SSSR count). The van der Waals surface area contributed by atoms with Crippen molar-refractivity contribution in [2.24, 2.45) is 7.05 Å². The number of carbonyl (C=O) groups is 2. The van der Waals surface area contributed by atoms with Crippen LogP contribution >= 0.6 is 11.6 Å². The zero-order chi connectivity index (χ0) is 19.7. The molecule has 0 atom stereocenters. The second-order valence-corrected chi connectivity index (χ2v) is 7.14. The molecule has 1 aliphatic heterocycles. The van der Waals surface area contributed by atoms with Gasteiger partial charge in [0.2, 0.25) is 0 Å². The third kappa shape index (κ3) is 3.51. The lowest BCUT2D eigenvalue weighted by atomic mass is 10.1. The van der Waals surface area contributed by atoms with Gasteiger partial charge in [-0.1, -0.05) is 23.7 Å². The monoisotopic (exact) mass is 394 g/mol. The molecule has 3 aromatic rings. The Hall–Kier alpha value is -3.12. The smallest absolute Gasteiger partial charge is 0.269 e. The molecule has 0 saturated carbocycles. The predicted molar refractivity (Wildman–Crippen MR) is 108 cm³/mol. The van der Waals surface area contributed by atoms with Gasteiger partial charge < -0.3 is 10.2 Å². The predicted octanol–water partition coefficient (Wildman–Crippen LogP) is 3.21. The zero-order valence-electron chi connectivity index (χ0n) is 15.4. The van der Waals surface area contributed by atoms with E-state index in [-0.39, 0.29) is 11.8 Å². The molecule has 142 valence electrons. The van der Waals surface area contributed by atoms with Crippen LogP contribution in [0.5, 0.6) is 0 Å². The molecule has 0 fully saturated rings. The Kier molecular flexibility index (Phi) is 4.88. The minimum Gasteiger partial charge on any atom is -0.347 e. The Bertz CT molecular complexity index is 1040. The maximum atomic E-state index is 12.9. The summed E-state index contributed by atoms with van der Waals surface area (Å²) in [5, 5.41) is 7.51. The molecule has 0 spiro atoms. The van der Waals surface area contributed by atoms with Crippen molar-refractivity contribution in [3.63, 3.8) is 0 Å². The van der Waals surface area contributed by atoms with Gasteiger partial charge >= 0.3 is 0 Å². The summed E-state index contributed by atoms with van der Waals surface area (Å²) in [6.45, 7) is 1.02. The summed E-state index contributed by atoms with van der Waals surface area (Å²) in [7, 11) is 1.73. The Morgan fingerprint density at radius 2 is 1.93 bits per heavy atom. The normalized spacial score (nSPS) is 12.7. The first-order valence-corrected chi connectivity index (χ1v) is 9.36. The molecule has 0 unspecified atom stereocenters. The van der Waals surface area contributed by atoms with Crippen molar-refractivity contribution < 1.29 is 9.59 Å². The SMILES string of the molecule is Cn1nccc1C(=O)NCc1ccc2c(c1)N(C(=O)c1ccc(Cl)cc1)CC2. The molecule has 2 heterocycles. The molecule has 0 radical (unpaired) electrons. The van der Waals surface area contributed by atoms with Crippen molar-refractivity contribution >= 4 is 29.1 Å². The van der Waals surface area contributed by atoms with E-state index in [0.717, 1.165) is 23.2 Å². The summed E-state index contributed by atoms with van der Waals surface area (Å²) < 4.78 is 1.53. The van der Waals surface area contributed by atoms with E-state index in [2.05, 4.69) is 10.4 Å². The van der Waals surface area contributed by atoms with Crippen LogP contribution in [0.25, 0.3) is 0 Å². The first kappa shape index (κ1) is 18.3. The number of benzene rings is 2. The van der Waals surface area contributed by atoms with Crippen LogP contribution in [0.4, 0.5) is 5.69 Å². The number of anilines is 1. The molecule has 28 heavy (non-hydrogen) atoms. The Morgan fingerprint density at radius 3 is 2.64 bits per heavy atom. The van der Waals surface area contributed by atoms with Crippen LogP contribution in [0.1, 0.15) is 32.0 Å². The topological polar surface area (TPSA) is 67.2 Å². The van der Waals surface area contributed by atoms with Gasteiger partial charge in [0.25, 0.3) is 11.8 Å². The van der Waals surface area contributed by atoms with E-state index in [1.54, 1.807) is 48.5 Å². The van der Waals surface area contributed by atoms with Crippen LogP contribution < -0.4 is 10.2 Å². The molecule has 2 aromatic carbocycles. The van der Waals surface area contributed by atoms with E-state index in [9.17, 15) is 9.59 Å². The fourth-order valence-corrected chi connectivity index (χ4v) is 3.49. The molecule has 2 amide bonds. The van der Waals surface area contributed by atoms with Crippen molar-refractivity contribution in [2.75, 3.05) is 11.4 Å². The quantitative estimate of drug-likeness (QED) is 0.738. The Morgan fingerprint density at radius 1 is 1.14 bits per heavy atom. The molecule has 0 bridgehead atoms. The highest BCUT2D eigenvalue weighted by atomic mass is 35.5. The van der Waals surface area contributed by atoms with Crippen LogP contribution in [-0.4, -0.2) is 28.1 Å². The molecule has 0 aliphatic carbocycles. The molecule has 6 nitrogen and oxygen atoms in total. The third-order valence-corrected chi connectivity index (χ3v) is 5.14. The molecule has 1 aromatic heterocycles. The van der Waals surface area contributed by atoms with Crippen molar-refractivity contribution in [2.45, 2.75) is 13.0 Å². The molecule has 0 saturated heterocycles. The number of hydrogen-bond acceptors (Lipinski definition) is 3. The lowest BCUT2D eigenvalue weighted by Crippen LogP contribution is -2.29. The van der Waals surface area contributed by atoms with Gasteiger partial charge in [-0.25, -0.2) is 0 Å². The summed E-state index contributed by atoms with van der Waals surface area (Å²) in [6, 6.07) is 14.6. The minimum absolute atomic E-state index is 0.0495. The van der Waals surface area contributed by atoms with Crippen molar-refractivity contribution in [1.29, 1.82) is 0 Å². The number of nitrogens with zero attached hydrogens (tertiary/aromatic N) is 3. The molecule has 1 N–H and O–H groups in total. The summed E-state index contributed by atoms with van der Waals surface area (Å²) in [5.41, 5.74) is 4.06. The summed E-state index contributed by atoms with van der Waals surface area (Å²) in [5.74, 6) is -0.235. The zero-order valence-corrected chi connectivity index (χ0v) is 16.1. The van der Waals surface area contributed by atoms with E-state index in [4.69, 9.17) is 11.6 Å². The van der Waals surface area contributed by atoms with Gasteiger partial charge in [0, 0.05) is 42.6 Å². The number of halogens is 1. The van der Waals surface area contributed by atoms with Crippen molar-refractivity contribution in [3.8, 4) is 0 Å². The number of rotatable bonds is 4. The summed E-state index contributed by atoms with van der Waals surface area (Å²) in [4.78, 5) is 26.9. The van der Waals surface area contributed by atoms with Crippen LogP contribution in [0.15, 0.2) is 54.7 Å². The van der Waals surface area contributed by atoms with Crippen LogP contribution in [0.2, 0.25) is 5.02 Å². The van der Waals surface area contributed by atoms with Crippen LogP contribution in [-0.2, 0) is 20.0 Å². The lowest BCUT2D eigenvalue weighted by molar-refractivity contribution is 0.0940. The van der Waals surface area contributed by atoms with E-state index in [1.807, 2.05) is 18.2 Å². The van der Waals surface area contributed by atoms with Crippen LogP contribution in [0.3, 0.4) is 0 Å². The van der Waals surface area contributed by atoms with Gasteiger partial charge in [-0.05, 0) is 53.9 Å². The first-order chi connectivity index (χ1) is 13.5. The lowest BCUT2D eigenvalue weighted by Gasteiger charge is -2.18. The van der Waals surface area contributed by atoms with Gasteiger partial charge in [0.1, 0.15) is 5.69 Å². The van der Waals surface area contributed by atoms with E-state index in [0.29, 0.717) is 29.4 Å². The minimum atomic E-state index is -0.186. The fraction of sp³-hybridized carbons (Fsp3) is 0.190. The van der Waals surface area contributed by atoms with Crippen molar-refractivity contribution in [3.05, 3.63) is 82.1 Å². The van der Waals surface area contributed by atoms with Gasteiger partial charge in [-0.2, -0.15) is 5.10 Å². The molecular weight excluding hydrogens is 376 g/mol. The van der Waals surface area contributed by atoms with Gasteiger partial charge in [-0.3, -0.25) is 14.3 Å².